The van der Waals surface area contributed by atoms with Crippen LogP contribution in [0.5, 0.6) is 11.5 Å². The number of aliphatic hydroxyl groups is 1. The Morgan fingerprint density at radius 2 is 1.88 bits per heavy atom. The van der Waals surface area contributed by atoms with Crippen molar-refractivity contribution in [1.29, 1.82) is 0 Å². The smallest absolute Gasteiger partial charge is 0.231 e. The summed E-state index contributed by atoms with van der Waals surface area (Å²) < 4.78 is 16.3. The molecular weight excluding hydrogens is 330 g/mol. The lowest BCUT2D eigenvalue weighted by molar-refractivity contribution is 0.0136. The van der Waals surface area contributed by atoms with Crippen LogP contribution in [-0.4, -0.2) is 49.6 Å². The molecule has 0 aromatic heterocycles. The molecule has 0 amide bonds. The molecule has 0 saturated heterocycles. The summed E-state index contributed by atoms with van der Waals surface area (Å²) in [5.41, 5.74) is 2.37. The molecule has 1 N–H and O–H groups in total. The molecule has 5 nitrogen and oxygen atoms in total. The van der Waals surface area contributed by atoms with Gasteiger partial charge in [0.25, 0.3) is 0 Å². The first kappa shape index (κ1) is 18.7. The van der Waals surface area contributed by atoms with Gasteiger partial charge < -0.3 is 24.2 Å². The first-order chi connectivity index (χ1) is 12.7. The maximum atomic E-state index is 10.2. The van der Waals surface area contributed by atoms with E-state index >= 15 is 0 Å². The van der Waals surface area contributed by atoms with Crippen molar-refractivity contribution in [2.45, 2.75) is 25.6 Å². The van der Waals surface area contributed by atoms with E-state index < -0.39 is 6.10 Å². The SMILES string of the molecule is CN(CCCc1ccccc1)CC(O)COCc1ccc2c(c1)OCO2. The summed E-state index contributed by atoms with van der Waals surface area (Å²) in [4.78, 5) is 2.15. The average Bonchev–Trinajstić information content (AvgIpc) is 3.10. The highest BCUT2D eigenvalue weighted by Gasteiger charge is 2.14. The molecule has 0 bridgehead atoms. The van der Waals surface area contributed by atoms with Gasteiger partial charge in [0, 0.05) is 6.54 Å². The normalized spacial score (nSPS) is 14.0. The molecule has 1 heterocycles. The van der Waals surface area contributed by atoms with Crippen molar-refractivity contribution < 1.29 is 19.3 Å². The van der Waals surface area contributed by atoms with Crippen LogP contribution < -0.4 is 9.47 Å². The van der Waals surface area contributed by atoms with E-state index in [1.165, 1.54) is 5.56 Å². The first-order valence-electron chi connectivity index (χ1n) is 9.07. The van der Waals surface area contributed by atoms with Gasteiger partial charge in [-0.2, -0.15) is 0 Å². The number of fused-ring (bicyclic) bond motifs is 1. The summed E-state index contributed by atoms with van der Waals surface area (Å²) in [5.74, 6) is 1.52. The highest BCUT2D eigenvalue weighted by molar-refractivity contribution is 5.44. The molecule has 140 valence electrons. The molecule has 0 radical (unpaired) electrons. The Kier molecular flexibility index (Phi) is 6.89. The van der Waals surface area contributed by atoms with Crippen molar-refractivity contribution in [3.05, 3.63) is 59.7 Å². The molecule has 2 aromatic rings. The molecule has 26 heavy (non-hydrogen) atoms. The third-order valence-corrected chi connectivity index (χ3v) is 4.39. The highest BCUT2D eigenvalue weighted by Crippen LogP contribution is 2.32. The van der Waals surface area contributed by atoms with E-state index in [1.54, 1.807) is 0 Å². The summed E-state index contributed by atoms with van der Waals surface area (Å²) in [6, 6.07) is 16.2. The molecule has 0 aliphatic carbocycles. The highest BCUT2D eigenvalue weighted by atomic mass is 16.7. The van der Waals surface area contributed by atoms with Crippen molar-refractivity contribution in [3.63, 3.8) is 0 Å². The summed E-state index contributed by atoms with van der Waals surface area (Å²) in [7, 11) is 2.03. The monoisotopic (exact) mass is 357 g/mol. The number of nitrogens with zero attached hydrogens (tertiary/aromatic N) is 1. The van der Waals surface area contributed by atoms with Crippen molar-refractivity contribution >= 4 is 0 Å². The summed E-state index contributed by atoms with van der Waals surface area (Å²) in [5, 5.41) is 10.2. The van der Waals surface area contributed by atoms with Crippen LogP contribution >= 0.6 is 0 Å². The molecule has 2 aromatic carbocycles. The zero-order chi connectivity index (χ0) is 18.2. The van der Waals surface area contributed by atoms with Crippen molar-refractivity contribution in [2.75, 3.05) is 33.5 Å². The van der Waals surface area contributed by atoms with E-state index in [0.717, 1.165) is 36.4 Å². The number of rotatable bonds is 10. The Bertz CT molecular complexity index is 677. The summed E-state index contributed by atoms with van der Waals surface area (Å²) in [6.07, 6.45) is 1.64. The fourth-order valence-electron chi connectivity index (χ4n) is 3.05. The van der Waals surface area contributed by atoms with Crippen LogP contribution in [-0.2, 0) is 17.8 Å². The van der Waals surface area contributed by atoms with E-state index in [1.807, 2.05) is 31.3 Å². The van der Waals surface area contributed by atoms with E-state index in [4.69, 9.17) is 14.2 Å². The molecule has 1 atom stereocenters. The predicted octanol–water partition coefficient (Wildman–Crippen LogP) is 2.86. The maximum Gasteiger partial charge on any atom is 0.231 e. The lowest BCUT2D eigenvalue weighted by Crippen LogP contribution is -2.33. The van der Waals surface area contributed by atoms with Crippen LogP contribution in [0.2, 0.25) is 0 Å². The minimum absolute atomic E-state index is 0.273. The third-order valence-electron chi connectivity index (χ3n) is 4.39. The van der Waals surface area contributed by atoms with Gasteiger partial charge in [-0.3, -0.25) is 0 Å². The first-order valence-corrected chi connectivity index (χ1v) is 9.07. The van der Waals surface area contributed by atoms with Gasteiger partial charge >= 0.3 is 0 Å². The molecule has 0 saturated carbocycles. The Morgan fingerprint density at radius 1 is 1.08 bits per heavy atom. The predicted molar refractivity (Wildman–Crippen MR) is 100 cm³/mol. The number of hydrogen-bond donors (Lipinski definition) is 1. The number of aryl methyl sites for hydroxylation is 1. The summed E-state index contributed by atoms with van der Waals surface area (Å²) in [6.45, 7) is 2.60. The number of aliphatic hydroxyl groups excluding tert-OH is 1. The minimum atomic E-state index is -0.495. The van der Waals surface area contributed by atoms with E-state index in [0.29, 0.717) is 19.8 Å². The topological polar surface area (TPSA) is 51.2 Å². The van der Waals surface area contributed by atoms with Crippen LogP contribution in [0.4, 0.5) is 0 Å². The molecule has 1 unspecified atom stereocenters. The van der Waals surface area contributed by atoms with Crippen molar-refractivity contribution in [3.8, 4) is 11.5 Å². The lowest BCUT2D eigenvalue weighted by Gasteiger charge is -2.20. The Hall–Kier alpha value is -2.08. The zero-order valence-electron chi connectivity index (χ0n) is 15.3. The standard InChI is InChI=1S/C21H27NO4/c1-22(11-5-8-17-6-3-2-4-7-17)13-19(23)15-24-14-18-9-10-20-21(12-18)26-16-25-20/h2-4,6-7,9-10,12,19,23H,5,8,11,13-16H2,1H3. The second-order valence-electron chi connectivity index (χ2n) is 6.71. The van der Waals surface area contributed by atoms with Gasteiger partial charge in [0.2, 0.25) is 6.79 Å². The third kappa shape index (κ3) is 5.73. The fraction of sp³-hybridized carbons (Fsp3) is 0.429. The van der Waals surface area contributed by atoms with Gasteiger partial charge in [0.05, 0.1) is 19.3 Å². The van der Waals surface area contributed by atoms with Crippen LogP contribution in [0.25, 0.3) is 0 Å². The molecule has 0 spiro atoms. The number of benzene rings is 2. The van der Waals surface area contributed by atoms with E-state index in [9.17, 15) is 5.11 Å². The average molecular weight is 357 g/mol. The lowest BCUT2D eigenvalue weighted by atomic mass is 10.1. The maximum absolute atomic E-state index is 10.2. The molecular formula is C21H27NO4. The largest absolute Gasteiger partial charge is 0.454 e. The van der Waals surface area contributed by atoms with Crippen LogP contribution in [0.1, 0.15) is 17.5 Å². The van der Waals surface area contributed by atoms with Crippen molar-refractivity contribution in [2.24, 2.45) is 0 Å². The van der Waals surface area contributed by atoms with Gasteiger partial charge in [-0.05, 0) is 49.7 Å². The van der Waals surface area contributed by atoms with Gasteiger partial charge in [0.15, 0.2) is 11.5 Å². The summed E-state index contributed by atoms with van der Waals surface area (Å²) >= 11 is 0. The Balaban J connectivity index is 1.30. The Morgan fingerprint density at radius 3 is 2.73 bits per heavy atom. The second-order valence-corrected chi connectivity index (χ2v) is 6.71. The number of ether oxygens (including phenoxy) is 3. The molecule has 0 fully saturated rings. The number of hydrogen-bond acceptors (Lipinski definition) is 5. The van der Waals surface area contributed by atoms with Crippen LogP contribution in [0, 0.1) is 0 Å². The van der Waals surface area contributed by atoms with Gasteiger partial charge in [-0.25, -0.2) is 0 Å². The van der Waals surface area contributed by atoms with E-state index in [-0.39, 0.29) is 6.79 Å². The zero-order valence-corrected chi connectivity index (χ0v) is 15.3. The van der Waals surface area contributed by atoms with Crippen LogP contribution in [0.15, 0.2) is 48.5 Å². The van der Waals surface area contributed by atoms with Gasteiger partial charge in [0.1, 0.15) is 0 Å². The molecule has 1 aliphatic heterocycles. The fourth-order valence-corrected chi connectivity index (χ4v) is 3.05. The molecule has 5 heteroatoms. The van der Waals surface area contributed by atoms with Gasteiger partial charge in [-0.15, -0.1) is 0 Å². The van der Waals surface area contributed by atoms with Gasteiger partial charge in [-0.1, -0.05) is 36.4 Å². The molecule has 3 rings (SSSR count). The van der Waals surface area contributed by atoms with Crippen molar-refractivity contribution in [1.82, 2.24) is 4.90 Å². The van der Waals surface area contributed by atoms with E-state index in [2.05, 4.69) is 29.2 Å². The molecule has 1 aliphatic rings. The quantitative estimate of drug-likeness (QED) is 0.709. The second kappa shape index (κ2) is 9.57. The number of likely N-dealkylation sites (N-methyl/N-ethyl adjacent to an activating group) is 1. The Labute approximate surface area is 155 Å². The van der Waals surface area contributed by atoms with Crippen LogP contribution in [0.3, 0.4) is 0 Å². The minimum Gasteiger partial charge on any atom is -0.454 e.